The standard InChI is InChI=1S/C18H20N2O2/c21-17(15-11-19-16-4-2-1-3-14(15)16)12-7-9-20(10-8-12)18(22)13-5-6-13/h1-4,11-13,19H,5-10H2. The second kappa shape index (κ2) is 5.27. The van der Waals surface area contributed by atoms with Crippen molar-refractivity contribution in [3.63, 3.8) is 0 Å². The summed E-state index contributed by atoms with van der Waals surface area (Å²) < 4.78 is 0. The van der Waals surface area contributed by atoms with Gasteiger partial charge in [0, 0.05) is 47.6 Å². The Labute approximate surface area is 129 Å². The lowest BCUT2D eigenvalue weighted by molar-refractivity contribution is -0.133. The molecule has 0 bridgehead atoms. The molecule has 22 heavy (non-hydrogen) atoms. The van der Waals surface area contributed by atoms with E-state index in [1.807, 2.05) is 35.4 Å². The fourth-order valence-electron chi connectivity index (χ4n) is 3.45. The Morgan fingerprint density at radius 2 is 1.73 bits per heavy atom. The monoisotopic (exact) mass is 296 g/mol. The van der Waals surface area contributed by atoms with Gasteiger partial charge in [-0.1, -0.05) is 18.2 Å². The highest BCUT2D eigenvalue weighted by atomic mass is 16.2. The second-order valence-electron chi connectivity index (χ2n) is 6.49. The number of H-pyrrole nitrogens is 1. The summed E-state index contributed by atoms with van der Waals surface area (Å²) in [5.41, 5.74) is 1.80. The number of nitrogens with one attached hydrogen (secondary N) is 1. The molecule has 4 heteroatoms. The SMILES string of the molecule is O=C(c1c[nH]c2ccccc12)C1CCN(C(=O)C2CC2)CC1. The average Bonchev–Trinajstić information content (AvgIpc) is 3.33. The van der Waals surface area contributed by atoms with Crippen molar-refractivity contribution in [1.29, 1.82) is 0 Å². The third kappa shape index (κ3) is 2.32. The van der Waals surface area contributed by atoms with Crippen LogP contribution in [0.1, 0.15) is 36.0 Å². The summed E-state index contributed by atoms with van der Waals surface area (Å²) in [7, 11) is 0. The molecule has 2 fully saturated rings. The average molecular weight is 296 g/mol. The third-order valence-corrected chi connectivity index (χ3v) is 4.96. The van der Waals surface area contributed by atoms with E-state index < -0.39 is 0 Å². The summed E-state index contributed by atoms with van der Waals surface area (Å²) in [6.45, 7) is 1.46. The minimum atomic E-state index is 0.0439. The van der Waals surface area contributed by atoms with Gasteiger partial charge < -0.3 is 9.88 Å². The summed E-state index contributed by atoms with van der Waals surface area (Å²) in [6.07, 6.45) is 5.50. The third-order valence-electron chi connectivity index (χ3n) is 4.96. The van der Waals surface area contributed by atoms with Gasteiger partial charge in [0.1, 0.15) is 0 Å². The number of rotatable bonds is 3. The fraction of sp³-hybridized carbons (Fsp3) is 0.444. The van der Waals surface area contributed by atoms with Crippen LogP contribution in [0.5, 0.6) is 0 Å². The molecule has 1 amide bonds. The Hall–Kier alpha value is -2.10. The quantitative estimate of drug-likeness (QED) is 0.885. The minimum Gasteiger partial charge on any atom is -0.360 e. The zero-order valence-electron chi connectivity index (χ0n) is 12.5. The van der Waals surface area contributed by atoms with Crippen molar-refractivity contribution in [1.82, 2.24) is 9.88 Å². The normalized spacial score (nSPS) is 19.5. The first-order valence-corrected chi connectivity index (χ1v) is 8.13. The topological polar surface area (TPSA) is 53.2 Å². The molecular weight excluding hydrogens is 276 g/mol. The molecule has 1 aromatic carbocycles. The number of carbonyl (C=O) groups excluding carboxylic acids is 2. The number of hydrogen-bond donors (Lipinski definition) is 1. The van der Waals surface area contributed by atoms with Crippen molar-refractivity contribution in [2.75, 3.05) is 13.1 Å². The lowest BCUT2D eigenvalue weighted by Gasteiger charge is -2.31. The van der Waals surface area contributed by atoms with Crippen LogP contribution in [0.25, 0.3) is 10.9 Å². The Balaban J connectivity index is 1.46. The molecule has 2 aliphatic rings. The number of piperidine rings is 1. The maximum Gasteiger partial charge on any atom is 0.225 e. The molecule has 0 radical (unpaired) electrons. The molecule has 1 aliphatic carbocycles. The molecule has 1 aromatic heterocycles. The van der Waals surface area contributed by atoms with E-state index >= 15 is 0 Å². The van der Waals surface area contributed by atoms with E-state index in [-0.39, 0.29) is 17.6 Å². The molecule has 4 rings (SSSR count). The molecule has 1 saturated carbocycles. The molecule has 0 atom stereocenters. The number of aromatic nitrogens is 1. The Morgan fingerprint density at radius 1 is 1.00 bits per heavy atom. The van der Waals surface area contributed by atoms with Crippen LogP contribution in [0.15, 0.2) is 30.5 Å². The highest BCUT2D eigenvalue weighted by molar-refractivity contribution is 6.08. The van der Waals surface area contributed by atoms with Gasteiger partial charge >= 0.3 is 0 Å². The molecule has 1 aliphatic heterocycles. The Kier molecular flexibility index (Phi) is 3.25. The van der Waals surface area contributed by atoms with Gasteiger partial charge in [-0.25, -0.2) is 0 Å². The van der Waals surface area contributed by atoms with Crippen molar-refractivity contribution in [3.05, 3.63) is 36.0 Å². The number of hydrogen-bond acceptors (Lipinski definition) is 2. The molecular formula is C18H20N2O2. The van der Waals surface area contributed by atoms with Crippen LogP contribution in [-0.4, -0.2) is 34.7 Å². The van der Waals surface area contributed by atoms with E-state index in [1.165, 1.54) is 0 Å². The molecule has 2 heterocycles. The number of Topliss-reactive ketones (excluding diaryl/α,β-unsaturated/α-hetero) is 1. The van der Waals surface area contributed by atoms with Crippen LogP contribution in [0.3, 0.4) is 0 Å². The van der Waals surface area contributed by atoms with Crippen molar-refractivity contribution < 1.29 is 9.59 Å². The first-order chi connectivity index (χ1) is 10.7. The number of carbonyl (C=O) groups is 2. The summed E-state index contributed by atoms with van der Waals surface area (Å²) >= 11 is 0. The molecule has 0 unspecified atom stereocenters. The lowest BCUT2D eigenvalue weighted by Crippen LogP contribution is -2.41. The van der Waals surface area contributed by atoms with Crippen LogP contribution < -0.4 is 0 Å². The number of likely N-dealkylation sites (tertiary alicyclic amines) is 1. The highest BCUT2D eigenvalue weighted by Crippen LogP contribution is 2.33. The van der Waals surface area contributed by atoms with Gasteiger partial charge in [0.15, 0.2) is 5.78 Å². The van der Waals surface area contributed by atoms with E-state index in [1.54, 1.807) is 0 Å². The van der Waals surface area contributed by atoms with Gasteiger partial charge in [0.25, 0.3) is 0 Å². The van der Waals surface area contributed by atoms with Crippen molar-refractivity contribution in [2.24, 2.45) is 11.8 Å². The number of nitrogens with zero attached hydrogens (tertiary/aromatic N) is 1. The van der Waals surface area contributed by atoms with Crippen LogP contribution >= 0.6 is 0 Å². The fourth-order valence-corrected chi connectivity index (χ4v) is 3.45. The van der Waals surface area contributed by atoms with Gasteiger partial charge in [0.05, 0.1) is 0 Å². The van der Waals surface area contributed by atoms with Crippen molar-refractivity contribution >= 4 is 22.6 Å². The van der Waals surface area contributed by atoms with Gasteiger partial charge in [0.2, 0.25) is 5.91 Å². The highest BCUT2D eigenvalue weighted by Gasteiger charge is 2.36. The van der Waals surface area contributed by atoms with E-state index in [9.17, 15) is 9.59 Å². The zero-order valence-corrected chi connectivity index (χ0v) is 12.5. The maximum absolute atomic E-state index is 12.8. The van der Waals surface area contributed by atoms with E-state index in [2.05, 4.69) is 4.98 Å². The van der Waals surface area contributed by atoms with Gasteiger partial charge in [-0.3, -0.25) is 9.59 Å². The number of fused-ring (bicyclic) bond motifs is 1. The number of amides is 1. The van der Waals surface area contributed by atoms with E-state index in [4.69, 9.17) is 0 Å². The van der Waals surface area contributed by atoms with Gasteiger partial charge in [-0.05, 0) is 31.7 Å². The minimum absolute atomic E-state index is 0.0439. The maximum atomic E-state index is 12.8. The van der Waals surface area contributed by atoms with Crippen molar-refractivity contribution in [3.8, 4) is 0 Å². The lowest BCUT2D eigenvalue weighted by atomic mass is 9.88. The number of ketones is 1. The first kappa shape index (κ1) is 13.6. The van der Waals surface area contributed by atoms with Crippen LogP contribution in [0.4, 0.5) is 0 Å². The molecule has 2 aromatic rings. The molecule has 0 spiro atoms. The Morgan fingerprint density at radius 3 is 2.45 bits per heavy atom. The summed E-state index contributed by atoms with van der Waals surface area (Å²) in [5, 5.41) is 1.00. The van der Waals surface area contributed by atoms with Crippen LogP contribution in [-0.2, 0) is 4.79 Å². The summed E-state index contributed by atoms with van der Waals surface area (Å²) in [6, 6.07) is 7.91. The summed E-state index contributed by atoms with van der Waals surface area (Å²) in [5.74, 6) is 0.845. The predicted molar refractivity (Wildman–Crippen MR) is 84.7 cm³/mol. The second-order valence-corrected chi connectivity index (χ2v) is 6.49. The van der Waals surface area contributed by atoms with Gasteiger partial charge in [-0.15, -0.1) is 0 Å². The van der Waals surface area contributed by atoms with Crippen molar-refractivity contribution in [2.45, 2.75) is 25.7 Å². The molecule has 1 N–H and O–H groups in total. The predicted octanol–water partition coefficient (Wildman–Crippen LogP) is 3.00. The van der Waals surface area contributed by atoms with Crippen LogP contribution in [0.2, 0.25) is 0 Å². The van der Waals surface area contributed by atoms with Gasteiger partial charge in [-0.2, -0.15) is 0 Å². The smallest absolute Gasteiger partial charge is 0.225 e. The van der Waals surface area contributed by atoms with E-state index in [0.29, 0.717) is 5.91 Å². The molecule has 114 valence electrons. The largest absolute Gasteiger partial charge is 0.360 e. The van der Waals surface area contributed by atoms with E-state index in [0.717, 1.165) is 55.2 Å². The number of aromatic amines is 1. The number of para-hydroxylation sites is 1. The summed E-state index contributed by atoms with van der Waals surface area (Å²) in [4.78, 5) is 30.0. The number of benzene rings is 1. The van der Waals surface area contributed by atoms with Crippen LogP contribution in [0, 0.1) is 11.8 Å². The zero-order chi connectivity index (χ0) is 15.1. The molecule has 1 saturated heterocycles. The molecule has 4 nitrogen and oxygen atoms in total. The first-order valence-electron chi connectivity index (χ1n) is 8.13. The Bertz CT molecular complexity index is 722.